The van der Waals surface area contributed by atoms with Crippen LogP contribution in [-0.2, 0) is 19.9 Å². The topological polar surface area (TPSA) is 131 Å². The molecule has 0 amide bonds. The van der Waals surface area contributed by atoms with Gasteiger partial charge >= 0.3 is 10.0 Å². The zero-order valence-electron chi connectivity index (χ0n) is 21.1. The number of piperazine rings is 1. The molecule has 2 aliphatic rings. The van der Waals surface area contributed by atoms with E-state index in [9.17, 15) is 21.2 Å². The summed E-state index contributed by atoms with van der Waals surface area (Å²) >= 11 is 0.624. The number of sulfone groups is 1. The second kappa shape index (κ2) is 9.10. The Labute approximate surface area is 231 Å². The maximum atomic E-state index is 15.3. The van der Waals surface area contributed by atoms with Gasteiger partial charge in [0, 0.05) is 25.0 Å². The molecule has 1 saturated carbocycles. The molecule has 0 radical (unpaired) electrons. The fourth-order valence-corrected chi connectivity index (χ4v) is 8.82. The van der Waals surface area contributed by atoms with Crippen molar-refractivity contribution in [2.45, 2.75) is 46.8 Å². The Morgan fingerprint density at radius 1 is 1.00 bits per heavy atom. The van der Waals surface area contributed by atoms with Gasteiger partial charge in [0.1, 0.15) is 11.3 Å². The predicted octanol–water partition coefficient (Wildman–Crippen LogP) is 2.98. The first-order valence-corrected chi connectivity index (χ1v) is 16.0. The summed E-state index contributed by atoms with van der Waals surface area (Å²) in [5, 5.41) is 3.47. The number of benzene rings is 1. The van der Waals surface area contributed by atoms with Crippen LogP contribution in [0.4, 0.5) is 24.9 Å². The number of hydrogen-bond donors (Lipinski definition) is 0. The van der Waals surface area contributed by atoms with Gasteiger partial charge in [-0.15, -0.1) is 20.5 Å². The van der Waals surface area contributed by atoms with E-state index in [2.05, 4.69) is 20.1 Å². The van der Waals surface area contributed by atoms with Gasteiger partial charge in [-0.2, -0.15) is 8.42 Å². The summed E-state index contributed by atoms with van der Waals surface area (Å²) in [6, 6.07) is 1.71. The summed E-state index contributed by atoms with van der Waals surface area (Å²) in [6.07, 6.45) is 3.43. The standard InChI is InChI=1S/C23H22F3N7O4S3/c1-13(2)39(34,35)22-29-17(11-38-22)40(36,37)33-19-16(26)4-3-15(25)18(19)20(30-33)32-8-7-31(12-23(32)5-6-23)21-27-9-14(24)10-28-21/h3-4,9-11,13H,5-8,12H2,1-2H3. The smallest absolute Gasteiger partial charge is 0.302 e. The average molecular weight is 614 g/mol. The van der Waals surface area contributed by atoms with Gasteiger partial charge in [-0.25, -0.2) is 36.5 Å². The van der Waals surface area contributed by atoms with Gasteiger partial charge < -0.3 is 9.80 Å². The molecule has 2 fully saturated rings. The van der Waals surface area contributed by atoms with Gasteiger partial charge in [0.25, 0.3) is 0 Å². The Bertz CT molecular complexity index is 1850. The first-order chi connectivity index (χ1) is 18.8. The van der Waals surface area contributed by atoms with Crippen molar-refractivity contribution in [2.75, 3.05) is 29.4 Å². The van der Waals surface area contributed by atoms with Gasteiger partial charge in [0.2, 0.25) is 20.1 Å². The van der Waals surface area contributed by atoms with Crippen molar-refractivity contribution < 1.29 is 30.0 Å². The van der Waals surface area contributed by atoms with Crippen LogP contribution < -0.4 is 9.80 Å². The number of fused-ring (bicyclic) bond motifs is 1. The summed E-state index contributed by atoms with van der Waals surface area (Å²) in [7, 11) is -8.59. The van der Waals surface area contributed by atoms with Gasteiger partial charge in [-0.1, -0.05) is 0 Å². The molecule has 1 saturated heterocycles. The van der Waals surface area contributed by atoms with Crippen LogP contribution in [0.1, 0.15) is 26.7 Å². The third-order valence-electron chi connectivity index (χ3n) is 7.12. The Morgan fingerprint density at radius 2 is 1.68 bits per heavy atom. The van der Waals surface area contributed by atoms with E-state index in [1.54, 1.807) is 4.90 Å². The van der Waals surface area contributed by atoms with E-state index < -0.39 is 63.0 Å². The lowest BCUT2D eigenvalue weighted by atomic mass is 10.1. The number of thiazole rings is 1. The zero-order chi connectivity index (χ0) is 28.6. The summed E-state index contributed by atoms with van der Waals surface area (Å²) in [5.74, 6) is -2.20. The largest absolute Gasteiger partial charge is 0.345 e. The molecule has 0 unspecified atom stereocenters. The Kier molecular flexibility index (Phi) is 6.12. The molecule has 0 bridgehead atoms. The van der Waals surface area contributed by atoms with E-state index in [0.717, 1.165) is 29.9 Å². The van der Waals surface area contributed by atoms with Crippen LogP contribution in [0.25, 0.3) is 10.9 Å². The molecule has 0 N–H and O–H groups in total. The molecule has 17 heteroatoms. The van der Waals surface area contributed by atoms with Crippen LogP contribution in [0.5, 0.6) is 0 Å². The molecular formula is C23H22F3N7O4S3. The van der Waals surface area contributed by atoms with E-state index in [0.29, 0.717) is 47.3 Å². The Hall–Kier alpha value is -3.31. The van der Waals surface area contributed by atoms with Gasteiger partial charge in [-0.3, -0.25) is 0 Å². The molecule has 1 spiro atoms. The van der Waals surface area contributed by atoms with Crippen LogP contribution in [0.2, 0.25) is 0 Å². The van der Waals surface area contributed by atoms with Crippen LogP contribution in [-0.4, -0.2) is 71.4 Å². The van der Waals surface area contributed by atoms with Crippen LogP contribution in [0.15, 0.2) is 39.3 Å². The fraction of sp³-hybridized carbons (Fsp3) is 0.391. The van der Waals surface area contributed by atoms with Crippen LogP contribution in [0.3, 0.4) is 0 Å². The van der Waals surface area contributed by atoms with Crippen LogP contribution >= 0.6 is 11.3 Å². The Balaban J connectivity index is 1.44. The molecule has 3 aromatic heterocycles. The van der Waals surface area contributed by atoms with Crippen molar-refractivity contribution >= 4 is 53.9 Å². The minimum atomic E-state index is -4.72. The first-order valence-electron chi connectivity index (χ1n) is 12.2. The predicted molar refractivity (Wildman–Crippen MR) is 140 cm³/mol. The van der Waals surface area contributed by atoms with E-state index in [-0.39, 0.29) is 17.7 Å². The van der Waals surface area contributed by atoms with Crippen molar-refractivity contribution in [1.29, 1.82) is 0 Å². The normalized spacial score (nSPS) is 17.4. The lowest BCUT2D eigenvalue weighted by Crippen LogP contribution is -2.56. The number of hydrogen-bond acceptors (Lipinski definition) is 11. The number of anilines is 2. The second-order valence-electron chi connectivity index (χ2n) is 9.97. The lowest BCUT2D eigenvalue weighted by Gasteiger charge is -2.42. The minimum absolute atomic E-state index is 0.0574. The SMILES string of the molecule is CC(C)S(=O)(=O)c1nc(S(=O)(=O)n2nc(N3CCN(c4ncc(F)cn4)CC34CC4)c3c(F)ccc(F)c32)cs1. The number of aromatic nitrogens is 5. The van der Waals surface area contributed by atoms with E-state index in [1.165, 1.54) is 13.8 Å². The zero-order valence-corrected chi connectivity index (χ0v) is 23.6. The van der Waals surface area contributed by atoms with Gasteiger partial charge in [0.05, 0.1) is 28.6 Å². The maximum Gasteiger partial charge on any atom is 0.302 e. The average Bonchev–Trinajstić information content (AvgIpc) is 3.31. The highest BCUT2D eigenvalue weighted by molar-refractivity contribution is 7.94. The molecule has 212 valence electrons. The molecule has 4 aromatic rings. The van der Waals surface area contributed by atoms with E-state index >= 15 is 8.78 Å². The highest BCUT2D eigenvalue weighted by Crippen LogP contribution is 2.48. The molecule has 1 aliphatic heterocycles. The van der Waals surface area contributed by atoms with Crippen LogP contribution in [0, 0.1) is 17.5 Å². The second-order valence-corrected chi connectivity index (χ2v) is 15.2. The Morgan fingerprint density at radius 3 is 2.33 bits per heavy atom. The monoisotopic (exact) mass is 613 g/mol. The van der Waals surface area contributed by atoms with E-state index in [1.807, 2.05) is 4.90 Å². The first kappa shape index (κ1) is 26.9. The number of nitrogens with zero attached hydrogens (tertiary/aromatic N) is 7. The summed E-state index contributed by atoms with van der Waals surface area (Å²) in [5.41, 5.74) is -1.18. The van der Waals surface area contributed by atoms with Gasteiger partial charge in [-0.05, 0) is 38.8 Å². The number of halogens is 3. The summed E-state index contributed by atoms with van der Waals surface area (Å²) in [6.45, 7) is 3.82. The van der Waals surface area contributed by atoms with E-state index in [4.69, 9.17) is 0 Å². The molecule has 6 rings (SSSR count). The highest BCUT2D eigenvalue weighted by Gasteiger charge is 2.53. The third kappa shape index (κ3) is 4.13. The number of rotatable bonds is 6. The fourth-order valence-electron chi connectivity index (χ4n) is 4.79. The summed E-state index contributed by atoms with van der Waals surface area (Å²) < 4.78 is 96.2. The molecular weight excluding hydrogens is 591 g/mol. The van der Waals surface area contributed by atoms with Gasteiger partial charge in [0.15, 0.2) is 22.5 Å². The molecule has 4 heterocycles. The molecule has 40 heavy (non-hydrogen) atoms. The quantitative estimate of drug-likeness (QED) is 0.320. The van der Waals surface area contributed by atoms with Crippen molar-refractivity contribution in [2.24, 2.45) is 0 Å². The third-order valence-corrected chi connectivity index (χ3v) is 12.2. The van der Waals surface area contributed by atoms with Crippen molar-refractivity contribution in [3.63, 3.8) is 0 Å². The van der Waals surface area contributed by atoms with Crippen molar-refractivity contribution in [1.82, 2.24) is 24.1 Å². The highest BCUT2D eigenvalue weighted by atomic mass is 32.2. The van der Waals surface area contributed by atoms with Crippen molar-refractivity contribution in [3.05, 3.63) is 47.4 Å². The summed E-state index contributed by atoms with van der Waals surface area (Å²) in [4.78, 5) is 15.5. The molecule has 11 nitrogen and oxygen atoms in total. The molecule has 0 atom stereocenters. The van der Waals surface area contributed by atoms with Crippen molar-refractivity contribution in [3.8, 4) is 0 Å². The maximum absolute atomic E-state index is 15.3. The minimum Gasteiger partial charge on any atom is -0.345 e. The molecule has 1 aromatic carbocycles. The lowest BCUT2D eigenvalue weighted by molar-refractivity contribution is 0.496. The molecule has 1 aliphatic carbocycles.